The smallest absolute Gasteiger partial charge is 0.0514 e. The molecule has 0 saturated carbocycles. The van der Waals surface area contributed by atoms with Gasteiger partial charge in [-0.3, -0.25) is 0 Å². The van der Waals surface area contributed by atoms with Crippen LogP contribution in [0.2, 0.25) is 0 Å². The molecule has 0 heterocycles. The highest BCUT2D eigenvalue weighted by Gasteiger charge is 1.74. The molecule has 2 radical (unpaired) electrons. The van der Waals surface area contributed by atoms with E-state index in [1.54, 1.807) is 0 Å². The van der Waals surface area contributed by atoms with Gasteiger partial charge in [-0.1, -0.05) is 0 Å². The van der Waals surface area contributed by atoms with Gasteiger partial charge in [0.15, 0.2) is 0 Å². The lowest BCUT2D eigenvalue weighted by Gasteiger charge is -1.73. The fourth-order valence-electron chi connectivity index (χ4n) is 0.0337. The Morgan fingerprint density at radius 1 is 1.20 bits per heavy atom. The van der Waals surface area contributed by atoms with Gasteiger partial charge in [-0.05, 0) is 6.42 Å². The number of rotatable bonds is 2. The van der Waals surface area contributed by atoms with Crippen molar-refractivity contribution in [3.05, 3.63) is 11.8 Å². The first-order chi connectivity index (χ1) is 2.41. The second-order valence-corrected chi connectivity index (χ2v) is 1.16. The van der Waals surface area contributed by atoms with Gasteiger partial charge in [0.25, 0.3) is 0 Å². The lowest BCUT2D eigenvalue weighted by molar-refractivity contribution is 1.33. The second kappa shape index (κ2) is 4.58. The Morgan fingerprint density at radius 3 is 1.60 bits per heavy atom. The summed E-state index contributed by atoms with van der Waals surface area (Å²) in [7, 11) is 0. The van der Waals surface area contributed by atoms with E-state index >= 15 is 0 Å². The van der Waals surface area contributed by atoms with E-state index in [0.29, 0.717) is 6.42 Å². The summed E-state index contributed by atoms with van der Waals surface area (Å²) in [5.74, 6) is 2.93. The molecule has 0 fully saturated rings. The highest BCUT2D eigenvalue weighted by molar-refractivity contribution is 6.26. The molecule has 2 heteroatoms. The van der Waals surface area contributed by atoms with Gasteiger partial charge in [0.1, 0.15) is 0 Å². The molecule has 0 rings (SSSR count). The van der Waals surface area contributed by atoms with E-state index < -0.39 is 0 Å². The first-order valence-corrected chi connectivity index (χ1v) is 2.13. The molecule has 0 saturated heterocycles. The van der Waals surface area contributed by atoms with Crippen LogP contribution in [-0.4, -0.2) is 0 Å². The van der Waals surface area contributed by atoms with Crippen molar-refractivity contribution < 1.29 is 0 Å². The molecular formula is C3H4Cl2. The van der Waals surface area contributed by atoms with Crippen LogP contribution >= 0.6 is 23.2 Å². The Labute approximate surface area is 42.1 Å². The van der Waals surface area contributed by atoms with Crippen molar-refractivity contribution in [3.63, 3.8) is 0 Å². The number of hydrogen-bond acceptors (Lipinski definition) is 0. The summed E-state index contributed by atoms with van der Waals surface area (Å²) in [5, 5.41) is 0. The van der Waals surface area contributed by atoms with E-state index in [9.17, 15) is 0 Å². The maximum absolute atomic E-state index is 5.06. The minimum Gasteiger partial charge on any atom is -0.121 e. The van der Waals surface area contributed by atoms with Gasteiger partial charge in [0, 0.05) is 0 Å². The lowest BCUT2D eigenvalue weighted by atomic mass is 10.6. The average Bonchev–Trinajstić information content (AvgIpc) is 1.41. The van der Waals surface area contributed by atoms with Gasteiger partial charge in [0.05, 0.1) is 11.8 Å². The third-order valence-corrected chi connectivity index (χ3v) is 0.535. The highest BCUT2D eigenvalue weighted by atomic mass is 35.5. The summed E-state index contributed by atoms with van der Waals surface area (Å²) >= 11 is 10.1. The first-order valence-electron chi connectivity index (χ1n) is 1.25. The van der Waals surface area contributed by atoms with E-state index in [1.807, 2.05) is 0 Å². The maximum Gasteiger partial charge on any atom is 0.0514 e. The van der Waals surface area contributed by atoms with Crippen molar-refractivity contribution in [3.8, 4) is 0 Å². The van der Waals surface area contributed by atoms with Crippen LogP contribution in [0.1, 0.15) is 6.42 Å². The van der Waals surface area contributed by atoms with Crippen molar-refractivity contribution in [2.75, 3.05) is 0 Å². The van der Waals surface area contributed by atoms with E-state index in [2.05, 4.69) is 0 Å². The molecule has 0 amide bonds. The Balaban J connectivity index is 2.19. The predicted molar refractivity (Wildman–Crippen MR) is 24.9 cm³/mol. The summed E-state index contributed by atoms with van der Waals surface area (Å²) < 4.78 is 0. The zero-order chi connectivity index (χ0) is 4.12. The van der Waals surface area contributed by atoms with Crippen molar-refractivity contribution in [1.82, 2.24) is 0 Å². The van der Waals surface area contributed by atoms with E-state index in [0.717, 1.165) is 0 Å². The number of hydrogen-bond donors (Lipinski definition) is 0. The van der Waals surface area contributed by atoms with Gasteiger partial charge in [-0.25, -0.2) is 0 Å². The zero-order valence-corrected chi connectivity index (χ0v) is 4.13. The zero-order valence-electron chi connectivity index (χ0n) is 2.62. The fourth-order valence-corrected chi connectivity index (χ4v) is 0.303. The molecule has 0 aliphatic heterocycles. The molecule has 0 atom stereocenters. The van der Waals surface area contributed by atoms with E-state index in [1.165, 1.54) is 11.8 Å². The van der Waals surface area contributed by atoms with Gasteiger partial charge in [0.2, 0.25) is 0 Å². The third kappa shape index (κ3) is 4.58. The average molecular weight is 111 g/mol. The monoisotopic (exact) mass is 110 g/mol. The van der Waals surface area contributed by atoms with Gasteiger partial charge < -0.3 is 0 Å². The van der Waals surface area contributed by atoms with Crippen LogP contribution in [0.15, 0.2) is 0 Å². The van der Waals surface area contributed by atoms with Gasteiger partial charge >= 0.3 is 0 Å². The summed E-state index contributed by atoms with van der Waals surface area (Å²) in [4.78, 5) is 0. The molecule has 0 aromatic carbocycles. The molecule has 0 bridgehead atoms. The van der Waals surface area contributed by atoms with Crippen molar-refractivity contribution >= 4 is 23.2 Å². The van der Waals surface area contributed by atoms with Crippen molar-refractivity contribution in [2.45, 2.75) is 6.42 Å². The predicted octanol–water partition coefficient (Wildman–Crippen LogP) is 2.18. The summed E-state index contributed by atoms with van der Waals surface area (Å²) in [6, 6.07) is 0. The topological polar surface area (TPSA) is 0 Å². The molecule has 0 N–H and O–H groups in total. The molecule has 0 aliphatic rings. The Morgan fingerprint density at radius 2 is 1.60 bits per heavy atom. The normalized spacial score (nSPS) is 8.40. The minimum absolute atomic E-state index is 0.670. The Kier molecular flexibility index (Phi) is 5.11. The van der Waals surface area contributed by atoms with E-state index in [4.69, 9.17) is 23.2 Å². The molecule has 0 aromatic rings. The van der Waals surface area contributed by atoms with E-state index in [-0.39, 0.29) is 0 Å². The molecule has 0 aromatic heterocycles. The highest BCUT2D eigenvalue weighted by Crippen LogP contribution is 1.97. The SMILES string of the molecule is Cl[CH]C[CH]Cl. The van der Waals surface area contributed by atoms with Crippen LogP contribution in [0.4, 0.5) is 0 Å². The van der Waals surface area contributed by atoms with Crippen LogP contribution < -0.4 is 0 Å². The Bertz CT molecular complexity index is 12.4. The second-order valence-electron chi connectivity index (χ2n) is 0.544. The Hall–Kier alpha value is 0.580. The molecule has 0 aliphatic carbocycles. The molecule has 5 heavy (non-hydrogen) atoms. The van der Waals surface area contributed by atoms with Gasteiger partial charge in [-0.2, -0.15) is 0 Å². The van der Waals surface area contributed by atoms with Crippen molar-refractivity contribution in [2.24, 2.45) is 0 Å². The maximum atomic E-state index is 5.06. The fraction of sp³-hybridized carbons (Fsp3) is 0.333. The van der Waals surface area contributed by atoms with Crippen LogP contribution in [0.25, 0.3) is 0 Å². The summed E-state index contributed by atoms with van der Waals surface area (Å²) in [6.45, 7) is 0. The quantitative estimate of drug-likeness (QED) is 0.512. The summed E-state index contributed by atoms with van der Waals surface area (Å²) in [5.41, 5.74) is 0. The first kappa shape index (κ1) is 5.58. The standard InChI is InChI=1S/C3H4Cl2/c4-2-1-3-5/h2-3H,1H2. The van der Waals surface area contributed by atoms with Crippen LogP contribution in [0.5, 0.6) is 0 Å². The van der Waals surface area contributed by atoms with Crippen LogP contribution in [0.3, 0.4) is 0 Å². The van der Waals surface area contributed by atoms with Crippen LogP contribution in [-0.2, 0) is 0 Å². The molecule has 0 nitrogen and oxygen atoms in total. The molecule has 0 unspecified atom stereocenters. The molecule has 0 spiro atoms. The third-order valence-electron chi connectivity index (χ3n) is 0.178. The lowest BCUT2D eigenvalue weighted by Crippen LogP contribution is -1.55. The minimum atomic E-state index is 0.670. The molecular weight excluding hydrogens is 107 g/mol. The summed E-state index contributed by atoms with van der Waals surface area (Å²) in [6.07, 6.45) is 0.670. The van der Waals surface area contributed by atoms with Crippen LogP contribution in [0, 0.1) is 11.8 Å². The largest absolute Gasteiger partial charge is 0.121 e. The molecule has 30 valence electrons. The van der Waals surface area contributed by atoms with Gasteiger partial charge in [-0.15, -0.1) is 23.2 Å². The van der Waals surface area contributed by atoms with Crippen molar-refractivity contribution in [1.29, 1.82) is 0 Å². The number of halogens is 2.